The first-order valence-corrected chi connectivity index (χ1v) is 13.1. The van der Waals surface area contributed by atoms with Crippen LogP contribution < -0.4 is 4.74 Å². The van der Waals surface area contributed by atoms with E-state index in [1.807, 2.05) is 49.5 Å². The molecule has 0 radical (unpaired) electrons. The van der Waals surface area contributed by atoms with E-state index in [0.29, 0.717) is 12.2 Å². The Balaban J connectivity index is 1.70. The summed E-state index contributed by atoms with van der Waals surface area (Å²) in [6, 6.07) is 12.7. The second-order valence-corrected chi connectivity index (χ2v) is 10.1. The molecule has 188 valence electrons. The highest BCUT2D eigenvalue weighted by molar-refractivity contribution is 6.46. The largest absolute Gasteiger partial charge is 0.507 e. The average molecular weight is 487 g/mol. The van der Waals surface area contributed by atoms with Crippen LogP contribution in [0.15, 0.2) is 54.2 Å². The molecule has 2 N–H and O–H groups in total. The number of likely N-dealkylation sites (tertiary alicyclic amines) is 1. The standard InChI is InChI=1S/C30H34N2O4/c1-4-36-25-15-14-19(16-22(25)18(2)3)28(33)26-27(23-17-31-24-13-9-8-12-21(23)24)32(30(35)29(26)34)20-10-6-5-7-11-20/h8-9,12-18,20,27,31,33H,4-7,10-11H2,1-3H3/b28-26+. The molecule has 1 atom stereocenters. The Morgan fingerprint density at radius 1 is 1.11 bits per heavy atom. The maximum atomic E-state index is 13.6. The Hall–Kier alpha value is -3.54. The molecule has 2 aromatic carbocycles. The fraction of sp³-hybridized carbons (Fsp3) is 0.400. The van der Waals surface area contributed by atoms with E-state index in [9.17, 15) is 14.7 Å². The van der Waals surface area contributed by atoms with E-state index in [2.05, 4.69) is 18.8 Å². The molecule has 1 aliphatic carbocycles. The van der Waals surface area contributed by atoms with Crippen LogP contribution in [0.2, 0.25) is 0 Å². The average Bonchev–Trinajstić information content (AvgIpc) is 3.43. The molecule has 1 unspecified atom stereocenters. The normalized spacial score (nSPS) is 20.6. The number of aliphatic hydroxyl groups excluding tert-OH is 1. The van der Waals surface area contributed by atoms with Gasteiger partial charge in [0.25, 0.3) is 11.7 Å². The van der Waals surface area contributed by atoms with Crippen molar-refractivity contribution >= 4 is 28.4 Å². The molecule has 3 aromatic rings. The number of carbonyl (C=O) groups is 2. The molecule has 2 aliphatic rings. The predicted molar refractivity (Wildman–Crippen MR) is 141 cm³/mol. The molecule has 36 heavy (non-hydrogen) atoms. The first-order chi connectivity index (χ1) is 17.4. The van der Waals surface area contributed by atoms with Crippen molar-refractivity contribution < 1.29 is 19.4 Å². The second kappa shape index (κ2) is 9.84. The van der Waals surface area contributed by atoms with E-state index in [1.54, 1.807) is 11.0 Å². The number of ether oxygens (including phenoxy) is 1. The highest BCUT2D eigenvalue weighted by Gasteiger charge is 2.49. The lowest BCUT2D eigenvalue weighted by atomic mass is 9.90. The van der Waals surface area contributed by atoms with Gasteiger partial charge in [0.15, 0.2) is 0 Å². The maximum absolute atomic E-state index is 13.6. The van der Waals surface area contributed by atoms with Crippen molar-refractivity contribution in [1.82, 2.24) is 9.88 Å². The smallest absolute Gasteiger partial charge is 0.295 e. The van der Waals surface area contributed by atoms with E-state index in [4.69, 9.17) is 4.74 Å². The van der Waals surface area contributed by atoms with Crippen molar-refractivity contribution in [2.24, 2.45) is 0 Å². The summed E-state index contributed by atoms with van der Waals surface area (Å²) in [5, 5.41) is 12.6. The van der Waals surface area contributed by atoms with Crippen LogP contribution >= 0.6 is 0 Å². The molecular formula is C30H34N2O4. The van der Waals surface area contributed by atoms with Gasteiger partial charge in [0.1, 0.15) is 11.5 Å². The van der Waals surface area contributed by atoms with E-state index >= 15 is 0 Å². The van der Waals surface area contributed by atoms with Gasteiger partial charge in [0.2, 0.25) is 0 Å². The number of fused-ring (bicyclic) bond motifs is 1. The van der Waals surface area contributed by atoms with Crippen LogP contribution in [0.3, 0.4) is 0 Å². The van der Waals surface area contributed by atoms with Crippen LogP contribution in [0.1, 0.15) is 81.5 Å². The fourth-order valence-electron chi connectivity index (χ4n) is 5.80. The van der Waals surface area contributed by atoms with Crippen molar-refractivity contribution in [3.05, 3.63) is 70.9 Å². The SMILES string of the molecule is CCOc1ccc(/C(O)=C2\C(=O)C(=O)N(C3CCCCC3)C2c2c[nH]c3ccccc23)cc1C(C)C. The molecule has 1 aromatic heterocycles. The molecule has 0 spiro atoms. The lowest BCUT2D eigenvalue weighted by molar-refractivity contribution is -0.141. The molecule has 1 saturated heterocycles. The molecule has 6 nitrogen and oxygen atoms in total. The number of hydrogen-bond donors (Lipinski definition) is 2. The van der Waals surface area contributed by atoms with Crippen LogP contribution in [0.4, 0.5) is 0 Å². The van der Waals surface area contributed by atoms with Crippen molar-refractivity contribution in [2.75, 3.05) is 6.61 Å². The third-order valence-electron chi connectivity index (χ3n) is 7.57. The minimum absolute atomic E-state index is 0.0225. The van der Waals surface area contributed by atoms with E-state index in [-0.39, 0.29) is 23.3 Å². The topological polar surface area (TPSA) is 82.6 Å². The van der Waals surface area contributed by atoms with E-state index in [1.165, 1.54) is 0 Å². The number of carbonyl (C=O) groups excluding carboxylic acids is 2. The Bertz CT molecular complexity index is 1330. The van der Waals surface area contributed by atoms with Crippen molar-refractivity contribution in [1.29, 1.82) is 0 Å². The number of nitrogens with one attached hydrogen (secondary N) is 1. The summed E-state index contributed by atoms with van der Waals surface area (Å²) in [5.41, 5.74) is 3.41. The lowest BCUT2D eigenvalue weighted by Gasteiger charge is -2.35. The van der Waals surface area contributed by atoms with E-state index in [0.717, 1.165) is 59.9 Å². The van der Waals surface area contributed by atoms with Gasteiger partial charge in [-0.05, 0) is 55.5 Å². The lowest BCUT2D eigenvalue weighted by Crippen LogP contribution is -2.40. The van der Waals surface area contributed by atoms with Crippen LogP contribution in [0, 0.1) is 0 Å². The predicted octanol–water partition coefficient (Wildman–Crippen LogP) is 6.44. The van der Waals surface area contributed by atoms with Crippen LogP contribution in [-0.4, -0.2) is 39.3 Å². The number of hydrogen-bond acceptors (Lipinski definition) is 4. The number of benzene rings is 2. The summed E-state index contributed by atoms with van der Waals surface area (Å²) in [4.78, 5) is 32.1. The second-order valence-electron chi connectivity index (χ2n) is 10.1. The summed E-state index contributed by atoms with van der Waals surface area (Å²) >= 11 is 0. The Labute approximate surface area is 212 Å². The number of amides is 1. The Kier molecular flexibility index (Phi) is 6.61. The number of aliphatic hydroxyl groups is 1. The van der Waals surface area contributed by atoms with Gasteiger partial charge in [-0.2, -0.15) is 0 Å². The van der Waals surface area contributed by atoms with E-state index < -0.39 is 17.7 Å². The maximum Gasteiger partial charge on any atom is 0.295 e. The van der Waals surface area contributed by atoms with Gasteiger partial charge >= 0.3 is 0 Å². The Morgan fingerprint density at radius 3 is 2.58 bits per heavy atom. The van der Waals surface area contributed by atoms with Crippen molar-refractivity contribution in [2.45, 2.75) is 70.9 Å². The van der Waals surface area contributed by atoms with Gasteiger partial charge in [-0.1, -0.05) is 51.3 Å². The molecule has 1 amide bonds. The number of Topliss-reactive ketones (excluding diaryl/α,β-unsaturated/α-hetero) is 1. The molecule has 1 aliphatic heterocycles. The zero-order chi connectivity index (χ0) is 25.4. The first kappa shape index (κ1) is 24.2. The third-order valence-corrected chi connectivity index (χ3v) is 7.57. The summed E-state index contributed by atoms with van der Waals surface area (Å²) in [5.74, 6) is -0.345. The van der Waals surface area contributed by atoms with Gasteiger partial charge in [0, 0.05) is 34.3 Å². The number of aromatic nitrogens is 1. The van der Waals surface area contributed by atoms with Gasteiger partial charge in [-0.25, -0.2) is 0 Å². The number of nitrogens with zero attached hydrogens (tertiary/aromatic N) is 1. The minimum atomic E-state index is -0.640. The third kappa shape index (κ3) is 4.08. The van der Waals surface area contributed by atoms with Crippen LogP contribution in [0.25, 0.3) is 16.7 Å². The van der Waals surface area contributed by atoms with Gasteiger partial charge in [-0.3, -0.25) is 9.59 Å². The summed E-state index contributed by atoms with van der Waals surface area (Å²) in [7, 11) is 0. The van der Waals surface area contributed by atoms with Gasteiger partial charge < -0.3 is 19.7 Å². The highest BCUT2D eigenvalue weighted by atomic mass is 16.5. The molecule has 2 fully saturated rings. The number of ketones is 1. The first-order valence-electron chi connectivity index (χ1n) is 13.1. The zero-order valence-electron chi connectivity index (χ0n) is 21.2. The van der Waals surface area contributed by atoms with Gasteiger partial charge in [0.05, 0.1) is 18.2 Å². The van der Waals surface area contributed by atoms with Crippen LogP contribution in [0.5, 0.6) is 5.75 Å². The minimum Gasteiger partial charge on any atom is -0.507 e. The number of aromatic amines is 1. The van der Waals surface area contributed by atoms with Gasteiger partial charge in [-0.15, -0.1) is 0 Å². The highest BCUT2D eigenvalue weighted by Crippen LogP contribution is 2.45. The summed E-state index contributed by atoms with van der Waals surface area (Å²) in [6.07, 6.45) is 6.82. The number of para-hydroxylation sites is 1. The molecule has 5 rings (SSSR count). The van der Waals surface area contributed by atoms with Crippen molar-refractivity contribution in [3.8, 4) is 5.75 Å². The molecule has 2 heterocycles. The summed E-state index contributed by atoms with van der Waals surface area (Å²) < 4.78 is 5.79. The number of rotatable bonds is 6. The monoisotopic (exact) mass is 486 g/mol. The zero-order valence-corrected chi connectivity index (χ0v) is 21.2. The molecular weight excluding hydrogens is 452 g/mol. The van der Waals surface area contributed by atoms with Crippen LogP contribution in [-0.2, 0) is 9.59 Å². The molecule has 6 heteroatoms. The summed E-state index contributed by atoms with van der Waals surface area (Å²) in [6.45, 7) is 6.61. The van der Waals surface area contributed by atoms with Crippen molar-refractivity contribution in [3.63, 3.8) is 0 Å². The fourth-order valence-corrected chi connectivity index (χ4v) is 5.80. The number of H-pyrrole nitrogens is 1. The Morgan fingerprint density at radius 2 is 1.86 bits per heavy atom. The molecule has 0 bridgehead atoms. The quantitative estimate of drug-likeness (QED) is 0.238. The molecule has 1 saturated carbocycles.